The topological polar surface area (TPSA) is 380 Å². The van der Waals surface area contributed by atoms with Gasteiger partial charge in [0.2, 0.25) is 0 Å². The van der Waals surface area contributed by atoms with E-state index in [0.29, 0.717) is 32.1 Å². The summed E-state index contributed by atoms with van der Waals surface area (Å²) in [6, 6.07) is 0. The van der Waals surface area contributed by atoms with Crippen molar-refractivity contribution in [1.29, 1.82) is 0 Å². The standard InChI is InChI=1S/C95H177O25P/c1-5-9-13-17-21-25-29-33-37-41-44-48-52-56-60-64-68-79(98)112-74-77-83(102)85(104)89(108)95(116-77)119-92-90(117-81(100)70-66-62-58-54-50-46-42-38-34-30-26-22-18-14-10-6-2)86(105)87(106)91(118-94-88(107)84(103)82(101)76(71-96)115-94)93(92)120-121(109,110)113-73-75(114-80(99)69-65-61-57-53-49-45-40-36-32-28-24-20-16-12-8-4)72-111-78(97)67-63-59-55-51-47-43-39-35-31-27-23-19-15-11-7-3/h27,31,75-77,82-96,101-108H,5-26,28-30,32-74H2,1-4H3,(H,109,110)/b31-27-. The summed E-state index contributed by atoms with van der Waals surface area (Å²) >= 11 is 0. The maximum atomic E-state index is 14.9. The lowest BCUT2D eigenvalue weighted by Crippen LogP contribution is -2.70. The van der Waals surface area contributed by atoms with Crippen LogP contribution >= 0.6 is 7.82 Å². The van der Waals surface area contributed by atoms with Gasteiger partial charge >= 0.3 is 31.7 Å². The van der Waals surface area contributed by atoms with Gasteiger partial charge in [0.1, 0.15) is 92.6 Å². The zero-order valence-corrected chi connectivity index (χ0v) is 77.0. The number of hydrogen-bond acceptors (Lipinski definition) is 24. The molecule has 0 aromatic heterocycles. The molecule has 18 atom stereocenters. The van der Waals surface area contributed by atoms with Gasteiger partial charge in [0.25, 0.3) is 0 Å². The zero-order chi connectivity index (χ0) is 88.2. The number of carbonyl (C=O) groups is 4. The zero-order valence-electron chi connectivity index (χ0n) is 76.1. The Labute approximate surface area is 731 Å². The molecule has 2 saturated heterocycles. The molecule has 1 saturated carbocycles. The van der Waals surface area contributed by atoms with Gasteiger partial charge in [-0.2, -0.15) is 0 Å². The number of ether oxygens (including phenoxy) is 8. The van der Waals surface area contributed by atoms with Crippen molar-refractivity contribution >= 4 is 31.7 Å². The Bertz CT molecular complexity index is 2550. The molecule has 0 spiro atoms. The van der Waals surface area contributed by atoms with E-state index < -0.39 is 162 Å². The molecular weight excluding hydrogens is 1570 g/mol. The molecule has 1 aliphatic carbocycles. The third-order valence-corrected chi connectivity index (χ3v) is 25.3. The van der Waals surface area contributed by atoms with E-state index in [1.807, 2.05) is 0 Å². The minimum absolute atomic E-state index is 0.0194. The van der Waals surface area contributed by atoms with Crippen LogP contribution in [0.1, 0.15) is 439 Å². The van der Waals surface area contributed by atoms with Gasteiger partial charge in [-0.05, 0) is 51.4 Å². The molecule has 712 valence electrons. The fraction of sp³-hybridized carbons (Fsp3) is 0.937. The first-order valence-electron chi connectivity index (χ1n) is 49.4. The summed E-state index contributed by atoms with van der Waals surface area (Å²) in [5, 5.41) is 103. The van der Waals surface area contributed by atoms with Crippen molar-refractivity contribution < 1.29 is 122 Å². The molecule has 26 heteroatoms. The van der Waals surface area contributed by atoms with E-state index in [1.165, 1.54) is 205 Å². The number of rotatable bonds is 81. The molecule has 3 aliphatic rings. The van der Waals surface area contributed by atoms with Crippen LogP contribution in [0.5, 0.6) is 0 Å². The van der Waals surface area contributed by atoms with Gasteiger partial charge in [0.15, 0.2) is 24.8 Å². The maximum Gasteiger partial charge on any atom is 0.472 e. The van der Waals surface area contributed by atoms with E-state index >= 15 is 0 Å². The van der Waals surface area contributed by atoms with Gasteiger partial charge in [-0.15, -0.1) is 0 Å². The van der Waals surface area contributed by atoms with Crippen molar-refractivity contribution in [3.05, 3.63) is 12.2 Å². The Hall–Kier alpha value is -2.79. The summed E-state index contributed by atoms with van der Waals surface area (Å²) in [6.45, 7) is 5.64. The molecule has 121 heavy (non-hydrogen) atoms. The van der Waals surface area contributed by atoms with Gasteiger partial charge in [-0.1, -0.05) is 374 Å². The molecule has 0 aromatic rings. The van der Waals surface area contributed by atoms with Gasteiger partial charge in [0, 0.05) is 25.7 Å². The van der Waals surface area contributed by atoms with Crippen LogP contribution in [0.15, 0.2) is 12.2 Å². The Morgan fingerprint density at radius 3 is 0.992 bits per heavy atom. The van der Waals surface area contributed by atoms with Gasteiger partial charge in [-0.25, -0.2) is 4.57 Å². The Kier molecular flexibility index (Phi) is 68.8. The van der Waals surface area contributed by atoms with Crippen LogP contribution in [-0.4, -0.2) is 205 Å². The number of unbranched alkanes of at least 4 members (excludes halogenated alkanes) is 55. The van der Waals surface area contributed by atoms with Gasteiger partial charge in [-0.3, -0.25) is 28.2 Å². The minimum atomic E-state index is -5.81. The van der Waals surface area contributed by atoms with Crippen LogP contribution in [0.3, 0.4) is 0 Å². The maximum absolute atomic E-state index is 14.9. The highest BCUT2D eigenvalue weighted by atomic mass is 31.2. The number of esters is 4. The Morgan fingerprint density at radius 2 is 0.620 bits per heavy atom. The Balaban J connectivity index is 1.90. The first kappa shape index (κ1) is 112. The van der Waals surface area contributed by atoms with Crippen LogP contribution in [0.25, 0.3) is 0 Å². The molecule has 3 fully saturated rings. The van der Waals surface area contributed by atoms with Crippen molar-refractivity contribution in [2.45, 2.75) is 543 Å². The number of carbonyl (C=O) groups excluding carboxylic acids is 4. The molecule has 0 bridgehead atoms. The average Bonchev–Trinajstić information content (AvgIpc) is 0.754. The second-order valence-electron chi connectivity index (χ2n) is 35.3. The highest BCUT2D eigenvalue weighted by Gasteiger charge is 2.60. The van der Waals surface area contributed by atoms with Crippen molar-refractivity contribution in [2.24, 2.45) is 0 Å². The second kappa shape index (κ2) is 74.0. The summed E-state index contributed by atoms with van der Waals surface area (Å²) in [5.74, 6) is -2.95. The monoisotopic (exact) mass is 1750 g/mol. The molecule has 3 rings (SSSR count). The van der Waals surface area contributed by atoms with E-state index in [2.05, 4.69) is 39.8 Å². The summed E-state index contributed by atoms with van der Waals surface area (Å²) in [5.41, 5.74) is 0. The second-order valence-corrected chi connectivity index (χ2v) is 36.7. The minimum Gasteiger partial charge on any atom is -0.463 e. The number of aliphatic hydroxyl groups is 9. The normalized spacial score (nSPS) is 24.6. The number of phosphoric acid groups is 1. The van der Waals surface area contributed by atoms with Crippen molar-refractivity contribution in [3.63, 3.8) is 0 Å². The van der Waals surface area contributed by atoms with Crippen LogP contribution in [0.4, 0.5) is 0 Å². The first-order valence-corrected chi connectivity index (χ1v) is 50.9. The molecule has 0 amide bonds. The highest BCUT2D eigenvalue weighted by Crippen LogP contribution is 2.49. The average molecular weight is 1750 g/mol. The van der Waals surface area contributed by atoms with Crippen LogP contribution < -0.4 is 0 Å². The SMILES string of the molecule is CCCCCC/C=C\CCCCCCCCCC(=O)OCC(COP(=O)(O)OC1C(OC2OC(CO)C(O)C(O)C2O)C(O)C(O)C(OC(=O)CCCCCCCCCCCCCCCCCC)C1OC1OC(COC(=O)CCCCCCCCCCCCCCCCCC)C(O)C(O)C1O)OC(=O)CCCCCCCCCCCCCCCCC. The smallest absolute Gasteiger partial charge is 0.463 e. The summed E-state index contributed by atoms with van der Waals surface area (Å²) in [4.78, 5) is 66.6. The Morgan fingerprint density at radius 1 is 0.322 bits per heavy atom. The molecule has 10 N–H and O–H groups in total. The first-order chi connectivity index (χ1) is 58.7. The fourth-order valence-corrected chi connectivity index (χ4v) is 17.4. The molecule has 0 radical (unpaired) electrons. The van der Waals surface area contributed by atoms with Crippen LogP contribution in [-0.2, 0) is 70.7 Å². The third-order valence-electron chi connectivity index (χ3n) is 24.3. The summed E-state index contributed by atoms with van der Waals surface area (Å²) < 4.78 is 73.6. The van der Waals surface area contributed by atoms with E-state index in [4.69, 9.17) is 46.9 Å². The highest BCUT2D eigenvalue weighted by molar-refractivity contribution is 7.47. The van der Waals surface area contributed by atoms with Gasteiger partial charge in [0.05, 0.1) is 13.2 Å². The van der Waals surface area contributed by atoms with Gasteiger partial charge < -0.3 is 88.7 Å². The van der Waals surface area contributed by atoms with Crippen LogP contribution in [0, 0.1) is 0 Å². The fourth-order valence-electron chi connectivity index (χ4n) is 16.4. The lowest BCUT2D eigenvalue weighted by Gasteiger charge is -2.50. The molecule has 25 nitrogen and oxygen atoms in total. The van der Waals surface area contributed by atoms with Crippen molar-refractivity contribution in [1.82, 2.24) is 0 Å². The summed E-state index contributed by atoms with van der Waals surface area (Å²) in [7, 11) is -5.81. The third kappa shape index (κ3) is 53.7. The van der Waals surface area contributed by atoms with Crippen LogP contribution in [0.2, 0.25) is 0 Å². The predicted octanol–water partition coefficient (Wildman–Crippen LogP) is 19.1. The van der Waals surface area contributed by atoms with E-state index in [1.54, 1.807) is 0 Å². The molecule has 2 heterocycles. The lowest BCUT2D eigenvalue weighted by atomic mass is 9.84. The van der Waals surface area contributed by atoms with Crippen molar-refractivity contribution in [3.8, 4) is 0 Å². The largest absolute Gasteiger partial charge is 0.472 e. The molecule has 0 aromatic carbocycles. The van der Waals surface area contributed by atoms with E-state index in [9.17, 15) is 74.6 Å². The lowest BCUT2D eigenvalue weighted by molar-refractivity contribution is -0.360. The number of hydrogen-bond donors (Lipinski definition) is 10. The van der Waals surface area contributed by atoms with Crippen molar-refractivity contribution in [2.75, 3.05) is 26.4 Å². The summed E-state index contributed by atoms with van der Waals surface area (Å²) in [6.07, 6.45) is 34.5. The molecular formula is C95H177O25P. The number of phosphoric ester groups is 1. The quantitative estimate of drug-likeness (QED) is 0.00889. The number of aliphatic hydroxyl groups excluding tert-OH is 9. The molecule has 18 unspecified atom stereocenters. The predicted molar refractivity (Wildman–Crippen MR) is 472 cm³/mol. The number of allylic oxidation sites excluding steroid dienone is 2. The van der Waals surface area contributed by atoms with E-state index in [0.717, 1.165) is 148 Å². The van der Waals surface area contributed by atoms with E-state index in [-0.39, 0.29) is 25.7 Å². The molecule has 2 aliphatic heterocycles.